The van der Waals surface area contributed by atoms with Crippen LogP contribution in [0.2, 0.25) is 0 Å². The van der Waals surface area contributed by atoms with E-state index in [1.54, 1.807) is 27.9 Å². The summed E-state index contributed by atoms with van der Waals surface area (Å²) in [6, 6.07) is -1.24. The van der Waals surface area contributed by atoms with Crippen LogP contribution in [0.4, 0.5) is 4.79 Å². The van der Waals surface area contributed by atoms with Crippen LogP contribution in [0.5, 0.6) is 0 Å². The van der Waals surface area contributed by atoms with E-state index in [0.29, 0.717) is 0 Å². The number of carbonyl (C=O) groups is 3. The highest BCUT2D eigenvalue weighted by Gasteiger charge is 2.21. The van der Waals surface area contributed by atoms with Crippen LogP contribution in [0.1, 0.15) is 13.8 Å². The molecule has 0 aliphatic heterocycles. The molecule has 0 radical (unpaired) electrons. The van der Waals surface area contributed by atoms with Crippen molar-refractivity contribution in [3.63, 3.8) is 0 Å². The molecule has 0 heterocycles. The Hall–Kier alpha value is -1.79. The van der Waals surface area contributed by atoms with E-state index in [1.807, 2.05) is 0 Å². The van der Waals surface area contributed by atoms with Gasteiger partial charge in [0, 0.05) is 20.6 Å². The largest absolute Gasteiger partial charge is 0.480 e. The SMILES string of the molecule is CCN(CC(=O)O)C(=O)NC(C)C(=O)N(C)C. The second-order valence-electron chi connectivity index (χ2n) is 3.81. The molecule has 17 heavy (non-hydrogen) atoms. The van der Waals surface area contributed by atoms with Crippen molar-refractivity contribution in [3.8, 4) is 0 Å². The minimum Gasteiger partial charge on any atom is -0.480 e. The summed E-state index contributed by atoms with van der Waals surface area (Å²) < 4.78 is 0. The van der Waals surface area contributed by atoms with Crippen LogP contribution >= 0.6 is 0 Å². The Balaban J connectivity index is 4.40. The Morgan fingerprint density at radius 2 is 1.82 bits per heavy atom. The fourth-order valence-corrected chi connectivity index (χ4v) is 1.22. The molecule has 3 amide bonds. The van der Waals surface area contributed by atoms with E-state index < -0.39 is 18.0 Å². The predicted octanol–water partition coefficient (Wildman–Crippen LogP) is -0.421. The maximum Gasteiger partial charge on any atom is 0.323 e. The lowest BCUT2D eigenvalue weighted by atomic mass is 10.3. The Morgan fingerprint density at radius 1 is 1.29 bits per heavy atom. The van der Waals surface area contributed by atoms with Crippen molar-refractivity contribution in [1.29, 1.82) is 0 Å². The van der Waals surface area contributed by atoms with E-state index in [1.165, 1.54) is 4.90 Å². The van der Waals surface area contributed by atoms with Gasteiger partial charge in [-0.05, 0) is 13.8 Å². The molecule has 1 unspecified atom stereocenters. The molecule has 2 N–H and O–H groups in total. The molecule has 0 aromatic carbocycles. The average Bonchev–Trinajstić information content (AvgIpc) is 2.23. The predicted molar refractivity (Wildman–Crippen MR) is 61.6 cm³/mol. The van der Waals surface area contributed by atoms with E-state index in [-0.39, 0.29) is 19.0 Å². The standard InChI is InChI=1S/C10H19N3O4/c1-5-13(6-8(14)15)10(17)11-7(2)9(16)12(3)4/h7H,5-6H2,1-4H3,(H,11,17)(H,14,15). The van der Waals surface area contributed by atoms with Crippen LogP contribution in [0.15, 0.2) is 0 Å². The Morgan fingerprint density at radius 3 is 2.18 bits per heavy atom. The summed E-state index contributed by atoms with van der Waals surface area (Å²) in [5.41, 5.74) is 0. The van der Waals surface area contributed by atoms with Gasteiger partial charge < -0.3 is 20.2 Å². The molecule has 98 valence electrons. The molecule has 0 bridgehead atoms. The maximum atomic E-state index is 11.6. The van der Waals surface area contributed by atoms with Crippen molar-refractivity contribution in [1.82, 2.24) is 15.1 Å². The van der Waals surface area contributed by atoms with Gasteiger partial charge in [0.05, 0.1) is 0 Å². The third kappa shape index (κ3) is 5.19. The Kier molecular flexibility index (Phi) is 6.01. The van der Waals surface area contributed by atoms with Gasteiger partial charge in [-0.1, -0.05) is 0 Å². The monoisotopic (exact) mass is 245 g/mol. The van der Waals surface area contributed by atoms with Crippen LogP contribution in [-0.4, -0.2) is 66.0 Å². The second kappa shape index (κ2) is 6.72. The van der Waals surface area contributed by atoms with E-state index >= 15 is 0 Å². The van der Waals surface area contributed by atoms with Crippen LogP contribution < -0.4 is 5.32 Å². The summed E-state index contributed by atoms with van der Waals surface area (Å²) in [4.78, 5) is 36.1. The maximum absolute atomic E-state index is 11.6. The summed E-state index contributed by atoms with van der Waals surface area (Å²) in [5, 5.41) is 11.0. The summed E-state index contributed by atoms with van der Waals surface area (Å²) >= 11 is 0. The first-order chi connectivity index (χ1) is 7.79. The number of nitrogens with one attached hydrogen (secondary N) is 1. The number of aliphatic carboxylic acids is 1. The van der Waals surface area contributed by atoms with Gasteiger partial charge in [0.2, 0.25) is 5.91 Å². The third-order valence-electron chi connectivity index (χ3n) is 2.15. The second-order valence-corrected chi connectivity index (χ2v) is 3.81. The number of carbonyl (C=O) groups excluding carboxylic acids is 2. The zero-order chi connectivity index (χ0) is 13.6. The molecule has 7 heteroatoms. The quantitative estimate of drug-likeness (QED) is 0.688. The minimum atomic E-state index is -1.09. The highest BCUT2D eigenvalue weighted by atomic mass is 16.4. The molecule has 0 aliphatic carbocycles. The van der Waals surface area contributed by atoms with Crippen molar-refractivity contribution < 1.29 is 19.5 Å². The van der Waals surface area contributed by atoms with Crippen molar-refractivity contribution in [2.24, 2.45) is 0 Å². The number of amides is 3. The zero-order valence-corrected chi connectivity index (χ0v) is 10.6. The fourth-order valence-electron chi connectivity index (χ4n) is 1.22. The van der Waals surface area contributed by atoms with E-state index in [0.717, 1.165) is 4.90 Å². The molecule has 0 aromatic heterocycles. The molecule has 0 aliphatic rings. The topological polar surface area (TPSA) is 90.0 Å². The van der Waals surface area contributed by atoms with Gasteiger partial charge in [-0.15, -0.1) is 0 Å². The van der Waals surface area contributed by atoms with Gasteiger partial charge in [-0.2, -0.15) is 0 Å². The first-order valence-corrected chi connectivity index (χ1v) is 5.28. The number of hydrogen-bond donors (Lipinski definition) is 2. The third-order valence-corrected chi connectivity index (χ3v) is 2.15. The average molecular weight is 245 g/mol. The summed E-state index contributed by atoms with van der Waals surface area (Å²) in [7, 11) is 3.17. The number of nitrogens with zero attached hydrogens (tertiary/aromatic N) is 2. The lowest BCUT2D eigenvalue weighted by molar-refractivity contribution is -0.137. The number of hydrogen-bond acceptors (Lipinski definition) is 3. The van der Waals surface area contributed by atoms with Gasteiger partial charge in [0.25, 0.3) is 0 Å². The van der Waals surface area contributed by atoms with Crippen molar-refractivity contribution >= 4 is 17.9 Å². The van der Waals surface area contributed by atoms with Crippen LogP contribution in [0.3, 0.4) is 0 Å². The number of likely N-dealkylation sites (N-methyl/N-ethyl adjacent to an activating group) is 2. The highest BCUT2D eigenvalue weighted by molar-refractivity contribution is 5.87. The van der Waals surface area contributed by atoms with Gasteiger partial charge in [-0.3, -0.25) is 9.59 Å². The molecule has 7 nitrogen and oxygen atoms in total. The number of rotatable bonds is 5. The lowest BCUT2D eigenvalue weighted by Crippen LogP contribution is -2.50. The zero-order valence-electron chi connectivity index (χ0n) is 10.6. The molecule has 0 rings (SSSR count). The molecule has 0 aromatic rings. The number of urea groups is 1. The Bertz CT molecular complexity index is 304. The minimum absolute atomic E-state index is 0.246. The molecular weight excluding hydrogens is 226 g/mol. The van der Waals surface area contributed by atoms with Crippen molar-refractivity contribution in [2.75, 3.05) is 27.2 Å². The van der Waals surface area contributed by atoms with Crippen LogP contribution in [0, 0.1) is 0 Å². The van der Waals surface area contributed by atoms with E-state index in [2.05, 4.69) is 5.32 Å². The van der Waals surface area contributed by atoms with Crippen LogP contribution in [-0.2, 0) is 9.59 Å². The van der Waals surface area contributed by atoms with E-state index in [4.69, 9.17) is 5.11 Å². The molecule has 0 saturated carbocycles. The van der Waals surface area contributed by atoms with Gasteiger partial charge in [0.1, 0.15) is 12.6 Å². The summed E-state index contributed by atoms with van der Waals surface area (Å²) in [6.07, 6.45) is 0. The normalized spacial score (nSPS) is 11.5. The number of carboxylic acid groups (broad SMARTS) is 1. The van der Waals surface area contributed by atoms with Gasteiger partial charge >= 0.3 is 12.0 Å². The first-order valence-electron chi connectivity index (χ1n) is 5.28. The lowest BCUT2D eigenvalue weighted by Gasteiger charge is -2.23. The highest BCUT2D eigenvalue weighted by Crippen LogP contribution is 1.94. The molecule has 1 atom stereocenters. The molecule has 0 spiro atoms. The molecule has 0 saturated heterocycles. The van der Waals surface area contributed by atoms with Gasteiger partial charge in [0.15, 0.2) is 0 Å². The van der Waals surface area contributed by atoms with E-state index in [9.17, 15) is 14.4 Å². The summed E-state index contributed by atoms with van der Waals surface area (Å²) in [5.74, 6) is -1.33. The first kappa shape index (κ1) is 15.2. The van der Waals surface area contributed by atoms with Crippen LogP contribution in [0.25, 0.3) is 0 Å². The summed E-state index contributed by atoms with van der Waals surface area (Å²) in [6.45, 7) is 3.10. The van der Waals surface area contributed by atoms with Crippen molar-refractivity contribution in [3.05, 3.63) is 0 Å². The fraction of sp³-hybridized carbons (Fsp3) is 0.700. The Labute approximate surface area is 100 Å². The van der Waals surface area contributed by atoms with Crippen molar-refractivity contribution in [2.45, 2.75) is 19.9 Å². The number of carboxylic acids is 1. The smallest absolute Gasteiger partial charge is 0.323 e. The van der Waals surface area contributed by atoms with Gasteiger partial charge in [-0.25, -0.2) is 4.79 Å². The molecular formula is C10H19N3O4. The molecule has 0 fully saturated rings.